The van der Waals surface area contributed by atoms with E-state index in [0.717, 1.165) is 16.3 Å². The fourth-order valence-electron chi connectivity index (χ4n) is 1.81. The molecule has 1 atom stereocenters. The first-order valence-electron chi connectivity index (χ1n) is 7.37. The summed E-state index contributed by atoms with van der Waals surface area (Å²) in [4.78, 5) is 13.5. The van der Waals surface area contributed by atoms with E-state index in [2.05, 4.69) is 60.6 Å². The van der Waals surface area contributed by atoms with Gasteiger partial charge in [-0.15, -0.1) is 22.0 Å². The number of carbonyl (C=O) groups excluding carboxylic acids is 1. The SMILES string of the molecule is CC[C@H](Sc1ccc(C)cc1)C(=O)Nc1nnc(C(C)C)s1. The Kier molecular flexibility index (Phi) is 5.97. The second-order valence-corrected chi connectivity index (χ2v) is 7.70. The number of thioether (sulfide) groups is 1. The van der Waals surface area contributed by atoms with Crippen LogP contribution in [0, 0.1) is 6.92 Å². The molecular weight excluding hydrogens is 314 g/mol. The van der Waals surface area contributed by atoms with Crippen molar-refractivity contribution < 1.29 is 4.79 Å². The zero-order chi connectivity index (χ0) is 16.1. The number of hydrogen-bond donors (Lipinski definition) is 1. The van der Waals surface area contributed by atoms with E-state index in [1.165, 1.54) is 16.9 Å². The van der Waals surface area contributed by atoms with Crippen molar-refractivity contribution in [1.82, 2.24) is 10.2 Å². The van der Waals surface area contributed by atoms with E-state index >= 15 is 0 Å². The van der Waals surface area contributed by atoms with Crippen molar-refractivity contribution in [3.63, 3.8) is 0 Å². The lowest BCUT2D eigenvalue weighted by Gasteiger charge is -2.13. The summed E-state index contributed by atoms with van der Waals surface area (Å²) >= 11 is 3.02. The molecule has 1 aromatic carbocycles. The number of aromatic nitrogens is 2. The van der Waals surface area contributed by atoms with Gasteiger partial charge in [0, 0.05) is 10.8 Å². The Morgan fingerprint density at radius 3 is 2.50 bits per heavy atom. The second-order valence-electron chi connectivity index (χ2n) is 5.42. The van der Waals surface area contributed by atoms with Gasteiger partial charge in [-0.2, -0.15) is 0 Å². The lowest BCUT2D eigenvalue weighted by Crippen LogP contribution is -2.24. The molecule has 0 unspecified atom stereocenters. The average Bonchev–Trinajstić information content (AvgIpc) is 2.95. The molecule has 2 aromatic rings. The molecule has 6 heteroatoms. The molecule has 0 aliphatic carbocycles. The van der Waals surface area contributed by atoms with Gasteiger partial charge < -0.3 is 0 Å². The molecule has 118 valence electrons. The third-order valence-corrected chi connectivity index (χ3v) is 5.64. The number of benzene rings is 1. The number of amides is 1. The minimum atomic E-state index is -0.130. The molecule has 0 spiro atoms. The molecule has 2 rings (SSSR count). The maximum atomic E-state index is 12.4. The predicted octanol–water partition coefficient (Wildman–Crippen LogP) is 4.48. The number of nitrogens with zero attached hydrogens (tertiary/aromatic N) is 2. The molecule has 0 aliphatic rings. The normalized spacial score (nSPS) is 12.4. The summed E-state index contributed by atoms with van der Waals surface area (Å²) in [6, 6.07) is 8.23. The average molecular weight is 335 g/mol. The van der Waals surface area contributed by atoms with E-state index in [9.17, 15) is 4.79 Å². The Morgan fingerprint density at radius 2 is 1.95 bits per heavy atom. The van der Waals surface area contributed by atoms with Crippen molar-refractivity contribution in [3.05, 3.63) is 34.8 Å². The van der Waals surface area contributed by atoms with Crippen LogP contribution in [0.25, 0.3) is 0 Å². The highest BCUT2D eigenvalue weighted by Crippen LogP contribution is 2.28. The van der Waals surface area contributed by atoms with Crippen molar-refractivity contribution in [2.45, 2.75) is 50.2 Å². The van der Waals surface area contributed by atoms with E-state index < -0.39 is 0 Å². The third kappa shape index (κ3) is 4.55. The first-order valence-corrected chi connectivity index (χ1v) is 9.06. The number of anilines is 1. The summed E-state index contributed by atoms with van der Waals surface area (Å²) in [6.45, 7) is 8.20. The Bertz CT molecular complexity index is 623. The monoisotopic (exact) mass is 335 g/mol. The van der Waals surface area contributed by atoms with Crippen LogP contribution in [0.2, 0.25) is 0 Å². The summed E-state index contributed by atoms with van der Waals surface area (Å²) in [6.07, 6.45) is 0.764. The molecule has 22 heavy (non-hydrogen) atoms. The van der Waals surface area contributed by atoms with Crippen LogP contribution in [0.15, 0.2) is 29.2 Å². The lowest BCUT2D eigenvalue weighted by molar-refractivity contribution is -0.115. The molecule has 1 N–H and O–H groups in total. The standard InChI is InChI=1S/C16H21N3OS2/c1-5-13(21-12-8-6-11(4)7-9-12)14(20)17-16-19-18-15(22-16)10(2)3/h6-10,13H,5H2,1-4H3,(H,17,19,20)/t13-/m0/s1. The maximum absolute atomic E-state index is 12.4. The fraction of sp³-hybridized carbons (Fsp3) is 0.438. The smallest absolute Gasteiger partial charge is 0.239 e. The van der Waals surface area contributed by atoms with E-state index in [-0.39, 0.29) is 11.2 Å². The second kappa shape index (κ2) is 7.74. The molecular formula is C16H21N3OS2. The van der Waals surface area contributed by atoms with Gasteiger partial charge in [0.15, 0.2) is 0 Å². The Morgan fingerprint density at radius 1 is 1.27 bits per heavy atom. The minimum absolute atomic E-state index is 0.0143. The first-order chi connectivity index (χ1) is 10.5. The van der Waals surface area contributed by atoms with E-state index in [0.29, 0.717) is 11.0 Å². The number of carbonyl (C=O) groups is 1. The van der Waals surface area contributed by atoms with Gasteiger partial charge in [0.2, 0.25) is 11.0 Å². The van der Waals surface area contributed by atoms with E-state index in [4.69, 9.17) is 0 Å². The van der Waals surface area contributed by atoms with Crippen LogP contribution >= 0.6 is 23.1 Å². The van der Waals surface area contributed by atoms with Crippen LogP contribution in [0.5, 0.6) is 0 Å². The number of aryl methyl sites for hydroxylation is 1. The highest BCUT2D eigenvalue weighted by atomic mass is 32.2. The van der Waals surface area contributed by atoms with Crippen LogP contribution in [0.4, 0.5) is 5.13 Å². The van der Waals surface area contributed by atoms with Gasteiger partial charge in [-0.05, 0) is 25.5 Å². The van der Waals surface area contributed by atoms with Gasteiger partial charge in [-0.1, -0.05) is 49.8 Å². The quantitative estimate of drug-likeness (QED) is 0.791. The molecule has 1 amide bonds. The summed E-state index contributed by atoms with van der Waals surface area (Å²) in [5.74, 6) is 0.312. The Labute approximate surface area is 139 Å². The van der Waals surface area contributed by atoms with Gasteiger partial charge >= 0.3 is 0 Å². The van der Waals surface area contributed by atoms with Crippen LogP contribution in [0.1, 0.15) is 43.7 Å². The van der Waals surface area contributed by atoms with E-state index in [1.54, 1.807) is 11.8 Å². The number of rotatable bonds is 6. The highest BCUT2D eigenvalue weighted by molar-refractivity contribution is 8.00. The number of hydrogen-bond acceptors (Lipinski definition) is 5. The summed E-state index contributed by atoms with van der Waals surface area (Å²) in [7, 11) is 0. The molecule has 0 bridgehead atoms. The van der Waals surface area contributed by atoms with Gasteiger partial charge in [-0.25, -0.2) is 0 Å². The molecule has 0 saturated heterocycles. The molecule has 1 heterocycles. The fourth-order valence-corrected chi connectivity index (χ4v) is 3.51. The first kappa shape index (κ1) is 17.0. The van der Waals surface area contributed by atoms with Crippen LogP contribution in [0.3, 0.4) is 0 Å². The topological polar surface area (TPSA) is 54.9 Å². The minimum Gasteiger partial charge on any atom is -0.300 e. The van der Waals surface area contributed by atoms with Gasteiger partial charge in [-0.3, -0.25) is 10.1 Å². The lowest BCUT2D eigenvalue weighted by atomic mass is 10.2. The predicted molar refractivity (Wildman–Crippen MR) is 93.7 cm³/mol. The van der Waals surface area contributed by atoms with E-state index in [1.807, 2.05) is 6.92 Å². The summed E-state index contributed by atoms with van der Waals surface area (Å²) in [5.41, 5.74) is 1.22. The summed E-state index contributed by atoms with van der Waals surface area (Å²) < 4.78 is 0. The van der Waals surface area contributed by atoms with Crippen molar-refractivity contribution in [2.75, 3.05) is 5.32 Å². The van der Waals surface area contributed by atoms with Crippen molar-refractivity contribution >= 4 is 34.1 Å². The van der Waals surface area contributed by atoms with Crippen molar-refractivity contribution in [3.8, 4) is 0 Å². The van der Waals surface area contributed by atoms with Crippen LogP contribution in [-0.2, 0) is 4.79 Å². The van der Waals surface area contributed by atoms with Gasteiger partial charge in [0.1, 0.15) is 5.01 Å². The highest BCUT2D eigenvalue weighted by Gasteiger charge is 2.20. The maximum Gasteiger partial charge on any atom is 0.239 e. The summed E-state index contributed by atoms with van der Waals surface area (Å²) in [5, 5.41) is 12.4. The van der Waals surface area contributed by atoms with Crippen LogP contribution in [-0.4, -0.2) is 21.4 Å². The Hall–Kier alpha value is -1.40. The molecule has 0 aliphatic heterocycles. The van der Waals surface area contributed by atoms with Crippen LogP contribution < -0.4 is 5.32 Å². The molecule has 0 radical (unpaired) electrons. The zero-order valence-electron chi connectivity index (χ0n) is 13.3. The number of nitrogens with one attached hydrogen (secondary N) is 1. The van der Waals surface area contributed by atoms with Crippen molar-refractivity contribution in [1.29, 1.82) is 0 Å². The largest absolute Gasteiger partial charge is 0.300 e. The molecule has 0 fully saturated rings. The van der Waals surface area contributed by atoms with Crippen molar-refractivity contribution in [2.24, 2.45) is 0 Å². The molecule has 1 aromatic heterocycles. The third-order valence-electron chi connectivity index (χ3n) is 3.13. The molecule has 0 saturated carbocycles. The van der Waals surface area contributed by atoms with Gasteiger partial charge in [0.25, 0.3) is 0 Å². The van der Waals surface area contributed by atoms with Gasteiger partial charge in [0.05, 0.1) is 5.25 Å². The molecule has 4 nitrogen and oxygen atoms in total. The zero-order valence-corrected chi connectivity index (χ0v) is 14.9. The Balaban J connectivity index is 2.00.